The number of benzene rings is 1. The van der Waals surface area contributed by atoms with Gasteiger partial charge in [0.2, 0.25) is 0 Å². The Morgan fingerprint density at radius 2 is 2.06 bits per heavy atom. The third kappa shape index (κ3) is 3.79. The Kier molecular flexibility index (Phi) is 5.75. The van der Waals surface area contributed by atoms with Crippen LogP contribution in [-0.2, 0) is 4.57 Å². The Labute approximate surface area is 153 Å². The molecule has 87 valence electrons. The molecule has 1 heterocycles. The number of phosphoric acid groups is 1. The zero-order chi connectivity index (χ0) is 11.9. The fourth-order valence-corrected chi connectivity index (χ4v) is 2.32. The van der Waals surface area contributed by atoms with Gasteiger partial charge in [-0.2, -0.15) is 0 Å². The van der Waals surface area contributed by atoms with Gasteiger partial charge in [0.15, 0.2) is 5.75 Å². The molecule has 3 N–H and O–H groups in total. The molecule has 1 radical (unpaired) electrons. The van der Waals surface area contributed by atoms with E-state index in [2.05, 4.69) is 25.4 Å². The molecule has 0 saturated heterocycles. The quantitative estimate of drug-likeness (QED) is 0.564. The van der Waals surface area contributed by atoms with Gasteiger partial charge in [0.05, 0.1) is 15.9 Å². The zero-order valence-corrected chi connectivity index (χ0v) is 15.0. The van der Waals surface area contributed by atoms with Crippen molar-refractivity contribution in [2.24, 2.45) is 0 Å². The fourth-order valence-electron chi connectivity index (χ4n) is 1.33. The molecule has 0 saturated carbocycles. The second kappa shape index (κ2) is 6.05. The normalized spacial score (nSPS) is 11.3. The summed E-state index contributed by atoms with van der Waals surface area (Å²) in [4.78, 5) is 20.3. The van der Waals surface area contributed by atoms with Crippen molar-refractivity contribution in [3.8, 4) is 5.75 Å². The predicted octanol–water partition coefficient (Wildman–Crippen LogP) is 2.67. The van der Waals surface area contributed by atoms with E-state index in [1.807, 2.05) is 0 Å². The van der Waals surface area contributed by atoms with Crippen LogP contribution in [0.1, 0.15) is 0 Å². The Morgan fingerprint density at radius 1 is 1.41 bits per heavy atom. The molecule has 1 aromatic carbocycles. The van der Waals surface area contributed by atoms with Gasteiger partial charge in [-0.25, -0.2) is 4.57 Å². The van der Waals surface area contributed by atoms with Crippen LogP contribution in [0.3, 0.4) is 0 Å². The first kappa shape index (κ1) is 16.2. The maximum Gasteiger partial charge on any atom is 0.524 e. The van der Waals surface area contributed by atoms with Crippen molar-refractivity contribution < 1.29 is 18.9 Å². The van der Waals surface area contributed by atoms with Gasteiger partial charge in [-0.1, -0.05) is 11.6 Å². The first-order chi connectivity index (χ1) is 7.38. The minimum absolute atomic E-state index is 0. The number of rotatable bonds is 2. The zero-order valence-electron chi connectivity index (χ0n) is 8.65. The molecule has 17 heavy (non-hydrogen) atoms. The van der Waals surface area contributed by atoms with Gasteiger partial charge in [-0.3, -0.25) is 9.79 Å². The standard InChI is InChI=1S/C8H6BrClNO4P.K/c9-4-1-2-5-7(8(4)10)6(3-11-5)15-16(12,13)14;/h1-3,11H,(H2,12,13,14);. The van der Waals surface area contributed by atoms with Gasteiger partial charge >= 0.3 is 7.82 Å². The van der Waals surface area contributed by atoms with E-state index >= 15 is 0 Å². The topological polar surface area (TPSA) is 82.6 Å². The van der Waals surface area contributed by atoms with Crippen LogP contribution in [0.5, 0.6) is 5.75 Å². The summed E-state index contributed by atoms with van der Waals surface area (Å²) in [6, 6.07) is 3.44. The van der Waals surface area contributed by atoms with Gasteiger partial charge in [-0.15, -0.1) is 0 Å². The summed E-state index contributed by atoms with van der Waals surface area (Å²) < 4.78 is 15.9. The summed E-state index contributed by atoms with van der Waals surface area (Å²) in [5.41, 5.74) is 0.636. The molecule has 0 amide bonds. The molecule has 0 bridgehead atoms. The number of aromatic nitrogens is 1. The molecule has 9 heteroatoms. The van der Waals surface area contributed by atoms with Crippen LogP contribution in [0.4, 0.5) is 0 Å². The molecule has 0 aliphatic rings. The van der Waals surface area contributed by atoms with Crippen molar-refractivity contribution >= 4 is 97.6 Å². The fraction of sp³-hybridized carbons (Fsp3) is 0. The van der Waals surface area contributed by atoms with E-state index in [-0.39, 0.29) is 57.1 Å². The summed E-state index contributed by atoms with van der Waals surface area (Å²) in [7, 11) is -4.59. The number of nitrogens with one attached hydrogen (secondary N) is 1. The Balaban J connectivity index is 0.00000144. The smallest absolute Gasteiger partial charge is 0.402 e. The maximum atomic E-state index is 10.7. The maximum absolute atomic E-state index is 10.7. The molecule has 5 nitrogen and oxygen atoms in total. The van der Waals surface area contributed by atoms with E-state index in [9.17, 15) is 4.57 Å². The van der Waals surface area contributed by atoms with Gasteiger partial charge in [0.1, 0.15) is 0 Å². The second-order valence-corrected chi connectivity index (χ2v) is 5.41. The van der Waals surface area contributed by atoms with Crippen molar-refractivity contribution in [1.29, 1.82) is 0 Å². The largest absolute Gasteiger partial charge is 0.524 e. The van der Waals surface area contributed by atoms with Crippen LogP contribution in [0, 0.1) is 0 Å². The van der Waals surface area contributed by atoms with Gasteiger partial charge in [-0.05, 0) is 28.1 Å². The summed E-state index contributed by atoms with van der Waals surface area (Å²) in [6.07, 6.45) is 1.35. The van der Waals surface area contributed by atoms with Gasteiger partial charge in [0.25, 0.3) is 0 Å². The molecule has 0 aliphatic carbocycles. The molecule has 0 fully saturated rings. The van der Waals surface area contributed by atoms with E-state index in [1.54, 1.807) is 12.1 Å². The third-order valence-corrected chi connectivity index (χ3v) is 3.63. The molecule has 0 atom stereocenters. The predicted molar refractivity (Wildman–Crippen MR) is 69.4 cm³/mol. The number of halogens is 2. The van der Waals surface area contributed by atoms with Crippen molar-refractivity contribution in [2.45, 2.75) is 0 Å². The molecule has 0 aliphatic heterocycles. The van der Waals surface area contributed by atoms with E-state index in [4.69, 9.17) is 21.4 Å². The molecule has 2 rings (SSSR count). The minimum atomic E-state index is -4.59. The Bertz CT molecular complexity index is 598. The number of aromatic amines is 1. The first-order valence-corrected chi connectivity index (χ1v) is 6.79. The SMILES string of the molecule is O=P(O)(O)Oc1c[nH]c2ccc(Br)c(Cl)c12.[K]. The average molecular weight is 366 g/mol. The van der Waals surface area contributed by atoms with Crippen molar-refractivity contribution in [2.75, 3.05) is 0 Å². The van der Waals surface area contributed by atoms with Crippen LogP contribution >= 0.6 is 35.4 Å². The number of hydrogen-bond acceptors (Lipinski definition) is 2. The Hall–Kier alpha value is 1.12. The van der Waals surface area contributed by atoms with E-state index in [0.717, 1.165) is 0 Å². The van der Waals surface area contributed by atoms with E-state index in [0.29, 0.717) is 20.4 Å². The van der Waals surface area contributed by atoms with Crippen LogP contribution in [-0.4, -0.2) is 66.2 Å². The molecule has 2 aromatic rings. The van der Waals surface area contributed by atoms with E-state index in [1.165, 1.54) is 6.20 Å². The van der Waals surface area contributed by atoms with Gasteiger partial charge in [0, 0.05) is 62.1 Å². The molecular weight excluding hydrogens is 360 g/mol. The van der Waals surface area contributed by atoms with Crippen molar-refractivity contribution in [3.05, 3.63) is 27.8 Å². The average Bonchev–Trinajstić information content (AvgIpc) is 2.53. The molecule has 1 aromatic heterocycles. The molecular formula is C8H6BrClKNO4P. The first-order valence-electron chi connectivity index (χ1n) is 4.09. The Morgan fingerprint density at radius 3 is 2.65 bits per heavy atom. The summed E-state index contributed by atoms with van der Waals surface area (Å²) in [5, 5.41) is 0.765. The van der Waals surface area contributed by atoms with Gasteiger partial charge < -0.3 is 9.51 Å². The molecule has 0 unspecified atom stereocenters. The number of fused-ring (bicyclic) bond motifs is 1. The third-order valence-electron chi connectivity index (χ3n) is 1.92. The minimum Gasteiger partial charge on any atom is -0.402 e. The second-order valence-electron chi connectivity index (χ2n) is 3.02. The van der Waals surface area contributed by atoms with Crippen molar-refractivity contribution in [1.82, 2.24) is 4.98 Å². The monoisotopic (exact) mass is 364 g/mol. The van der Waals surface area contributed by atoms with Crippen LogP contribution in [0.2, 0.25) is 5.02 Å². The summed E-state index contributed by atoms with van der Waals surface area (Å²) >= 11 is 9.22. The summed E-state index contributed by atoms with van der Waals surface area (Å²) in [5.74, 6) is 0.0228. The number of phosphoric ester groups is 1. The number of H-pyrrole nitrogens is 1. The summed E-state index contributed by atoms with van der Waals surface area (Å²) in [6.45, 7) is 0. The van der Waals surface area contributed by atoms with Crippen LogP contribution in [0.15, 0.2) is 22.8 Å². The van der Waals surface area contributed by atoms with Crippen LogP contribution < -0.4 is 4.52 Å². The van der Waals surface area contributed by atoms with Crippen molar-refractivity contribution in [3.63, 3.8) is 0 Å². The van der Waals surface area contributed by atoms with Crippen LogP contribution in [0.25, 0.3) is 10.9 Å². The molecule has 0 spiro atoms. The number of hydrogen-bond donors (Lipinski definition) is 3. The van der Waals surface area contributed by atoms with E-state index < -0.39 is 7.82 Å².